The van der Waals surface area contributed by atoms with Gasteiger partial charge < -0.3 is 19.1 Å². The first-order valence-electron chi connectivity index (χ1n) is 11.2. The van der Waals surface area contributed by atoms with Crippen LogP contribution in [-0.2, 0) is 28.2 Å². The smallest absolute Gasteiger partial charge is 0.236 e. The van der Waals surface area contributed by atoms with Crippen molar-refractivity contribution >= 4 is 5.91 Å². The molecule has 1 saturated heterocycles. The SMILES string of the molecule is CC(C)N(C)CC(=O)N1CCC2(CC1)OCCn1c(CN(C)CC3CC3)cnc12. The number of nitrogens with zero attached hydrogens (tertiary/aromatic N) is 5. The molecule has 0 N–H and O–H groups in total. The maximum absolute atomic E-state index is 12.7. The third kappa shape index (κ3) is 4.52. The van der Waals surface area contributed by atoms with Crippen molar-refractivity contribution in [1.29, 1.82) is 0 Å². The molecule has 0 aromatic carbocycles. The third-order valence-corrected chi connectivity index (χ3v) is 6.93. The standard InChI is InChI=1S/C22H37N5O2/c1-17(2)25(4)16-20(28)26-9-7-22(8-10-26)21-23-13-19(27(21)11-12-29-22)15-24(3)14-18-5-6-18/h13,17-18H,5-12,14-16H2,1-4H3. The highest BCUT2D eigenvalue weighted by Crippen LogP contribution is 2.39. The average molecular weight is 404 g/mol. The summed E-state index contributed by atoms with van der Waals surface area (Å²) in [6.07, 6.45) is 6.48. The van der Waals surface area contributed by atoms with Crippen LogP contribution in [0.1, 0.15) is 51.0 Å². The summed E-state index contributed by atoms with van der Waals surface area (Å²) in [7, 11) is 4.22. The molecular weight excluding hydrogens is 366 g/mol. The predicted octanol–water partition coefficient (Wildman–Crippen LogP) is 1.91. The van der Waals surface area contributed by atoms with Crippen LogP contribution in [0.15, 0.2) is 6.20 Å². The van der Waals surface area contributed by atoms with Crippen molar-refractivity contribution in [1.82, 2.24) is 24.3 Å². The van der Waals surface area contributed by atoms with E-state index in [-0.39, 0.29) is 11.5 Å². The monoisotopic (exact) mass is 403 g/mol. The molecule has 162 valence electrons. The largest absolute Gasteiger partial charge is 0.365 e. The molecule has 1 spiro atoms. The van der Waals surface area contributed by atoms with E-state index >= 15 is 0 Å². The lowest BCUT2D eigenvalue weighted by Gasteiger charge is -2.44. The summed E-state index contributed by atoms with van der Waals surface area (Å²) < 4.78 is 8.71. The van der Waals surface area contributed by atoms with Crippen molar-refractivity contribution in [2.75, 3.05) is 46.9 Å². The van der Waals surface area contributed by atoms with E-state index in [1.54, 1.807) is 0 Å². The Hall–Kier alpha value is -1.44. The predicted molar refractivity (Wildman–Crippen MR) is 112 cm³/mol. The van der Waals surface area contributed by atoms with Crippen LogP contribution in [0, 0.1) is 5.92 Å². The van der Waals surface area contributed by atoms with E-state index in [2.05, 4.69) is 35.3 Å². The van der Waals surface area contributed by atoms with Crippen LogP contribution in [0.2, 0.25) is 0 Å². The van der Waals surface area contributed by atoms with E-state index < -0.39 is 0 Å². The quantitative estimate of drug-likeness (QED) is 0.696. The second-order valence-corrected chi connectivity index (χ2v) is 9.60. The molecule has 0 bridgehead atoms. The van der Waals surface area contributed by atoms with Crippen LogP contribution >= 0.6 is 0 Å². The molecule has 0 unspecified atom stereocenters. The van der Waals surface area contributed by atoms with Gasteiger partial charge in [0.05, 0.1) is 18.8 Å². The molecule has 0 radical (unpaired) electrons. The van der Waals surface area contributed by atoms with Gasteiger partial charge in [0, 0.05) is 57.8 Å². The van der Waals surface area contributed by atoms with Gasteiger partial charge >= 0.3 is 0 Å². The Morgan fingerprint density at radius 2 is 2.00 bits per heavy atom. The first kappa shape index (κ1) is 20.8. The minimum Gasteiger partial charge on any atom is -0.365 e. The Bertz CT molecular complexity index is 719. The van der Waals surface area contributed by atoms with Gasteiger partial charge in [-0.25, -0.2) is 4.98 Å². The zero-order chi connectivity index (χ0) is 20.6. The van der Waals surface area contributed by atoms with Crippen LogP contribution in [0.4, 0.5) is 0 Å². The van der Waals surface area contributed by atoms with Gasteiger partial charge in [-0.1, -0.05) is 0 Å². The number of amides is 1. The Morgan fingerprint density at radius 1 is 1.28 bits per heavy atom. The van der Waals surface area contributed by atoms with Crippen LogP contribution in [0.3, 0.4) is 0 Å². The molecule has 29 heavy (non-hydrogen) atoms. The number of hydrogen-bond acceptors (Lipinski definition) is 5. The molecule has 1 aliphatic carbocycles. The number of carbonyl (C=O) groups excluding carboxylic acids is 1. The van der Waals surface area contributed by atoms with Gasteiger partial charge in [-0.3, -0.25) is 9.69 Å². The van der Waals surface area contributed by atoms with Crippen LogP contribution < -0.4 is 0 Å². The highest BCUT2D eigenvalue weighted by molar-refractivity contribution is 5.78. The number of fused-ring (bicyclic) bond motifs is 2. The molecule has 3 heterocycles. The van der Waals surface area contributed by atoms with Crippen molar-refractivity contribution in [2.45, 2.75) is 64.3 Å². The summed E-state index contributed by atoms with van der Waals surface area (Å²) in [5, 5.41) is 0. The fourth-order valence-electron chi connectivity index (χ4n) is 4.61. The molecule has 1 aromatic rings. The number of imidazole rings is 1. The lowest BCUT2D eigenvalue weighted by Crippen LogP contribution is -2.51. The Balaban J connectivity index is 1.40. The van der Waals surface area contributed by atoms with E-state index in [4.69, 9.17) is 9.72 Å². The number of rotatable bonds is 7. The maximum Gasteiger partial charge on any atom is 0.236 e. The van der Waals surface area contributed by atoms with Gasteiger partial charge in [0.25, 0.3) is 0 Å². The van der Waals surface area contributed by atoms with E-state index in [9.17, 15) is 4.79 Å². The molecule has 1 saturated carbocycles. The number of likely N-dealkylation sites (tertiary alicyclic amines) is 1. The van der Waals surface area contributed by atoms with E-state index in [1.807, 2.05) is 18.1 Å². The molecule has 1 amide bonds. The number of aromatic nitrogens is 2. The summed E-state index contributed by atoms with van der Waals surface area (Å²) in [5.41, 5.74) is 0.967. The topological polar surface area (TPSA) is 53.8 Å². The van der Waals surface area contributed by atoms with Gasteiger partial charge in [-0.05, 0) is 46.7 Å². The molecule has 3 aliphatic rings. The minimum absolute atomic E-state index is 0.220. The van der Waals surface area contributed by atoms with E-state index in [0.717, 1.165) is 57.4 Å². The van der Waals surface area contributed by atoms with Gasteiger partial charge in [0.2, 0.25) is 5.91 Å². The molecule has 7 heteroatoms. The van der Waals surface area contributed by atoms with E-state index in [1.165, 1.54) is 25.1 Å². The van der Waals surface area contributed by atoms with Crippen molar-refractivity contribution in [2.24, 2.45) is 5.92 Å². The minimum atomic E-state index is -0.327. The lowest BCUT2D eigenvalue weighted by atomic mass is 9.89. The second-order valence-electron chi connectivity index (χ2n) is 9.60. The summed E-state index contributed by atoms with van der Waals surface area (Å²) in [5.74, 6) is 2.19. The lowest BCUT2D eigenvalue weighted by molar-refractivity contribution is -0.145. The van der Waals surface area contributed by atoms with Crippen LogP contribution in [-0.4, -0.2) is 83.1 Å². The average Bonchev–Trinajstić information content (AvgIpc) is 3.40. The normalized spacial score (nSPS) is 21.4. The van der Waals surface area contributed by atoms with Gasteiger partial charge in [0.1, 0.15) is 11.4 Å². The first-order chi connectivity index (χ1) is 13.9. The summed E-state index contributed by atoms with van der Waals surface area (Å²) in [6.45, 7) is 9.95. The molecule has 2 fully saturated rings. The summed E-state index contributed by atoms with van der Waals surface area (Å²) >= 11 is 0. The highest BCUT2D eigenvalue weighted by atomic mass is 16.5. The summed E-state index contributed by atoms with van der Waals surface area (Å²) in [4.78, 5) is 24.0. The molecular formula is C22H37N5O2. The van der Waals surface area contributed by atoms with Crippen LogP contribution in [0.5, 0.6) is 0 Å². The number of carbonyl (C=O) groups is 1. The van der Waals surface area contributed by atoms with Crippen molar-refractivity contribution in [3.63, 3.8) is 0 Å². The van der Waals surface area contributed by atoms with Gasteiger partial charge in [-0.2, -0.15) is 0 Å². The maximum atomic E-state index is 12.7. The molecule has 7 nitrogen and oxygen atoms in total. The van der Waals surface area contributed by atoms with Crippen molar-refractivity contribution < 1.29 is 9.53 Å². The highest BCUT2D eigenvalue weighted by Gasteiger charge is 2.44. The summed E-state index contributed by atoms with van der Waals surface area (Å²) in [6, 6.07) is 0.376. The zero-order valence-corrected chi connectivity index (χ0v) is 18.6. The Kier molecular flexibility index (Phi) is 6.00. The molecule has 0 atom stereocenters. The Morgan fingerprint density at radius 3 is 2.66 bits per heavy atom. The molecule has 1 aromatic heterocycles. The fourth-order valence-corrected chi connectivity index (χ4v) is 4.61. The fraction of sp³-hybridized carbons (Fsp3) is 0.818. The molecule has 4 rings (SSSR count). The van der Waals surface area contributed by atoms with Crippen molar-refractivity contribution in [3.05, 3.63) is 17.7 Å². The second kappa shape index (κ2) is 8.36. The number of ether oxygens (including phenoxy) is 1. The van der Waals surface area contributed by atoms with E-state index in [0.29, 0.717) is 12.6 Å². The van der Waals surface area contributed by atoms with Gasteiger partial charge in [-0.15, -0.1) is 0 Å². The number of piperidine rings is 1. The number of likely N-dealkylation sites (N-methyl/N-ethyl adjacent to an activating group) is 1. The Labute approximate surface area is 175 Å². The van der Waals surface area contributed by atoms with Gasteiger partial charge in [0.15, 0.2) is 0 Å². The van der Waals surface area contributed by atoms with Crippen molar-refractivity contribution in [3.8, 4) is 0 Å². The number of hydrogen-bond donors (Lipinski definition) is 0. The van der Waals surface area contributed by atoms with Crippen LogP contribution in [0.25, 0.3) is 0 Å². The zero-order valence-electron chi connectivity index (χ0n) is 18.6. The third-order valence-electron chi connectivity index (χ3n) is 6.93. The first-order valence-corrected chi connectivity index (χ1v) is 11.2. The molecule has 2 aliphatic heterocycles.